The molecule has 3 heteroatoms. The van der Waals surface area contributed by atoms with E-state index in [2.05, 4.69) is 4.98 Å². The average Bonchev–Trinajstić information content (AvgIpc) is 2.06. The Kier molecular flexibility index (Phi) is 2.98. The molecule has 0 saturated carbocycles. The largest absolute Gasteiger partial charge is 0.490 e. The molecule has 1 rings (SSSR count). The van der Waals surface area contributed by atoms with Gasteiger partial charge in [0.05, 0.1) is 7.11 Å². The van der Waals surface area contributed by atoms with Crippen molar-refractivity contribution >= 4 is 17.3 Å². The number of thiocarbonyl (C=S) groups is 1. The first-order valence-corrected chi connectivity index (χ1v) is 3.69. The maximum atomic E-state index is 4.89. The summed E-state index contributed by atoms with van der Waals surface area (Å²) in [6.07, 6.45) is 4.18. The Bertz CT molecular complexity index is 235. The van der Waals surface area contributed by atoms with E-state index in [0.29, 0.717) is 11.5 Å². The third kappa shape index (κ3) is 2.63. The molecule has 0 aliphatic carbocycles. The highest BCUT2D eigenvalue weighted by atomic mass is 32.1. The minimum Gasteiger partial charge on any atom is -0.490 e. The van der Waals surface area contributed by atoms with E-state index in [4.69, 9.17) is 17.0 Å². The van der Waals surface area contributed by atoms with Crippen molar-refractivity contribution in [3.8, 4) is 0 Å². The molecule has 0 atom stereocenters. The van der Waals surface area contributed by atoms with Crippen LogP contribution >= 0.6 is 12.2 Å². The molecule has 1 aromatic heterocycles. The van der Waals surface area contributed by atoms with Crippen LogP contribution in [0, 0.1) is 0 Å². The molecule has 58 valence electrons. The Hall–Kier alpha value is -0.960. The number of ether oxygens (including phenoxy) is 1. The lowest BCUT2D eigenvalue weighted by atomic mass is 10.2. The summed E-state index contributed by atoms with van der Waals surface area (Å²) in [5.74, 6) is 0. The molecule has 1 aromatic rings. The second-order valence-electron chi connectivity index (χ2n) is 2.11. The van der Waals surface area contributed by atoms with Crippen LogP contribution in [-0.4, -0.2) is 17.1 Å². The maximum absolute atomic E-state index is 4.89. The van der Waals surface area contributed by atoms with Crippen molar-refractivity contribution in [2.45, 2.75) is 6.42 Å². The smallest absolute Gasteiger partial charge is 0.163 e. The van der Waals surface area contributed by atoms with Crippen molar-refractivity contribution in [2.24, 2.45) is 0 Å². The van der Waals surface area contributed by atoms with Crippen LogP contribution in [0.1, 0.15) is 5.56 Å². The van der Waals surface area contributed by atoms with E-state index in [9.17, 15) is 0 Å². The molecule has 0 aliphatic rings. The molecule has 0 amide bonds. The van der Waals surface area contributed by atoms with Crippen LogP contribution in [0.3, 0.4) is 0 Å². The van der Waals surface area contributed by atoms with E-state index in [1.807, 2.05) is 12.1 Å². The lowest BCUT2D eigenvalue weighted by Crippen LogP contribution is -2.01. The van der Waals surface area contributed by atoms with Gasteiger partial charge in [-0.15, -0.1) is 0 Å². The quantitative estimate of drug-likeness (QED) is 0.624. The van der Waals surface area contributed by atoms with Crippen molar-refractivity contribution < 1.29 is 4.74 Å². The third-order valence-corrected chi connectivity index (χ3v) is 1.64. The fourth-order valence-corrected chi connectivity index (χ4v) is 0.906. The maximum Gasteiger partial charge on any atom is 0.163 e. The summed E-state index contributed by atoms with van der Waals surface area (Å²) in [6, 6.07) is 3.84. The van der Waals surface area contributed by atoms with Gasteiger partial charge in [-0.1, -0.05) is 0 Å². The topological polar surface area (TPSA) is 22.1 Å². The van der Waals surface area contributed by atoms with Gasteiger partial charge in [0.1, 0.15) is 0 Å². The summed E-state index contributed by atoms with van der Waals surface area (Å²) in [5.41, 5.74) is 1.13. The number of hydrogen-bond acceptors (Lipinski definition) is 3. The first kappa shape index (κ1) is 8.14. The number of methoxy groups -OCH3 is 1. The van der Waals surface area contributed by atoms with Gasteiger partial charge in [-0.05, 0) is 29.9 Å². The first-order chi connectivity index (χ1) is 5.33. The van der Waals surface area contributed by atoms with Gasteiger partial charge < -0.3 is 4.74 Å². The number of hydrogen-bond donors (Lipinski definition) is 0. The standard InChI is InChI=1S/C8H9NOS/c1-10-8(11)6-7-2-4-9-5-3-7/h2-5H,6H2,1H3. The van der Waals surface area contributed by atoms with Gasteiger partial charge in [-0.25, -0.2) is 0 Å². The molecule has 0 N–H and O–H groups in total. The molecular formula is C8H9NOS. The van der Waals surface area contributed by atoms with Gasteiger partial charge >= 0.3 is 0 Å². The van der Waals surface area contributed by atoms with Gasteiger partial charge in [-0.3, -0.25) is 4.98 Å². The molecule has 0 radical (unpaired) electrons. The summed E-state index contributed by atoms with van der Waals surface area (Å²) in [7, 11) is 1.59. The number of aromatic nitrogens is 1. The minimum absolute atomic E-state index is 0.608. The first-order valence-electron chi connectivity index (χ1n) is 3.28. The molecule has 0 saturated heterocycles. The molecule has 11 heavy (non-hydrogen) atoms. The van der Waals surface area contributed by atoms with Crippen molar-refractivity contribution in [3.63, 3.8) is 0 Å². The molecule has 0 fully saturated rings. The van der Waals surface area contributed by atoms with Crippen molar-refractivity contribution in [1.29, 1.82) is 0 Å². The van der Waals surface area contributed by atoms with Crippen LogP contribution < -0.4 is 0 Å². The zero-order valence-corrected chi connectivity index (χ0v) is 7.10. The fourth-order valence-electron chi connectivity index (χ4n) is 0.739. The molecule has 0 aliphatic heterocycles. The summed E-state index contributed by atoms with van der Waals surface area (Å²) in [5, 5.41) is 0.608. The van der Waals surface area contributed by atoms with Gasteiger partial charge in [-0.2, -0.15) is 0 Å². The minimum atomic E-state index is 0.608. The molecule has 1 heterocycles. The fraction of sp³-hybridized carbons (Fsp3) is 0.250. The normalized spacial score (nSPS) is 9.18. The summed E-state index contributed by atoms with van der Waals surface area (Å²) >= 11 is 4.89. The zero-order valence-electron chi connectivity index (χ0n) is 6.28. The summed E-state index contributed by atoms with van der Waals surface area (Å²) in [4.78, 5) is 3.89. The number of rotatable bonds is 2. The molecule has 0 aromatic carbocycles. The molecular weight excluding hydrogens is 158 g/mol. The Morgan fingerprint density at radius 3 is 2.73 bits per heavy atom. The van der Waals surface area contributed by atoms with Crippen LogP contribution in [0.15, 0.2) is 24.5 Å². The Balaban J connectivity index is 2.58. The summed E-state index contributed by atoms with van der Waals surface area (Å²) < 4.78 is 4.87. The highest BCUT2D eigenvalue weighted by Crippen LogP contribution is 1.99. The van der Waals surface area contributed by atoms with Gasteiger partial charge in [0.15, 0.2) is 5.05 Å². The van der Waals surface area contributed by atoms with Crippen LogP contribution in [0.4, 0.5) is 0 Å². The van der Waals surface area contributed by atoms with Crippen molar-refractivity contribution in [3.05, 3.63) is 30.1 Å². The van der Waals surface area contributed by atoms with E-state index in [1.54, 1.807) is 19.5 Å². The van der Waals surface area contributed by atoms with E-state index < -0.39 is 0 Å². The predicted molar refractivity (Wildman–Crippen MR) is 47.5 cm³/mol. The number of nitrogens with zero attached hydrogens (tertiary/aromatic N) is 1. The second kappa shape index (κ2) is 4.03. The molecule has 2 nitrogen and oxygen atoms in total. The second-order valence-corrected chi connectivity index (χ2v) is 2.56. The Labute approximate surface area is 71.2 Å². The van der Waals surface area contributed by atoms with E-state index >= 15 is 0 Å². The van der Waals surface area contributed by atoms with Crippen LogP contribution in [-0.2, 0) is 11.2 Å². The van der Waals surface area contributed by atoms with Gasteiger partial charge in [0.25, 0.3) is 0 Å². The molecule has 0 unspecified atom stereocenters. The molecule has 0 bridgehead atoms. The summed E-state index contributed by atoms with van der Waals surface area (Å²) in [6.45, 7) is 0. The zero-order chi connectivity index (χ0) is 8.10. The van der Waals surface area contributed by atoms with E-state index in [0.717, 1.165) is 5.56 Å². The van der Waals surface area contributed by atoms with Crippen molar-refractivity contribution in [1.82, 2.24) is 4.98 Å². The van der Waals surface area contributed by atoms with Gasteiger partial charge in [0, 0.05) is 18.8 Å². The lowest BCUT2D eigenvalue weighted by Gasteiger charge is -2.00. The Morgan fingerprint density at radius 1 is 1.55 bits per heavy atom. The number of pyridine rings is 1. The highest BCUT2D eigenvalue weighted by Gasteiger charge is 1.96. The molecule has 0 spiro atoms. The van der Waals surface area contributed by atoms with Crippen molar-refractivity contribution in [2.75, 3.05) is 7.11 Å². The third-order valence-electron chi connectivity index (χ3n) is 1.33. The van der Waals surface area contributed by atoms with E-state index in [-0.39, 0.29) is 0 Å². The monoisotopic (exact) mass is 167 g/mol. The van der Waals surface area contributed by atoms with Crippen LogP contribution in [0.5, 0.6) is 0 Å². The lowest BCUT2D eigenvalue weighted by molar-refractivity contribution is 0.406. The van der Waals surface area contributed by atoms with E-state index in [1.165, 1.54) is 0 Å². The Morgan fingerprint density at radius 2 is 2.18 bits per heavy atom. The SMILES string of the molecule is COC(=S)Cc1ccncc1. The average molecular weight is 167 g/mol. The van der Waals surface area contributed by atoms with Crippen LogP contribution in [0.2, 0.25) is 0 Å². The highest BCUT2D eigenvalue weighted by molar-refractivity contribution is 7.80. The predicted octanol–water partition coefficient (Wildman–Crippen LogP) is 1.60. The van der Waals surface area contributed by atoms with Crippen LogP contribution in [0.25, 0.3) is 0 Å². The van der Waals surface area contributed by atoms with Gasteiger partial charge in [0.2, 0.25) is 0 Å².